The van der Waals surface area contributed by atoms with Crippen molar-refractivity contribution in [1.82, 2.24) is 9.88 Å². The zero-order valence-corrected chi connectivity index (χ0v) is 19.3. The fourth-order valence-electron chi connectivity index (χ4n) is 3.60. The lowest BCUT2D eigenvalue weighted by atomic mass is 10.1. The Bertz CT molecular complexity index is 1010. The summed E-state index contributed by atoms with van der Waals surface area (Å²) in [5.41, 5.74) is 4.16. The number of hydrogen-bond donors (Lipinski definition) is 0. The lowest BCUT2D eigenvalue weighted by Gasteiger charge is -2.29. The number of rotatable bonds is 6. The molecule has 2 aromatic carbocycles. The Morgan fingerprint density at radius 3 is 2.70 bits per heavy atom. The van der Waals surface area contributed by atoms with E-state index in [9.17, 15) is 4.79 Å². The van der Waals surface area contributed by atoms with Crippen LogP contribution < -0.4 is 4.90 Å². The monoisotopic (exact) mass is 441 g/mol. The van der Waals surface area contributed by atoms with Crippen molar-refractivity contribution in [1.29, 1.82) is 0 Å². The van der Waals surface area contributed by atoms with E-state index in [1.54, 1.807) is 23.1 Å². The van der Waals surface area contributed by atoms with Crippen LogP contribution in [0.4, 0.5) is 5.13 Å². The summed E-state index contributed by atoms with van der Waals surface area (Å²) in [6.45, 7) is 8.95. The van der Waals surface area contributed by atoms with Crippen LogP contribution in [0.5, 0.6) is 0 Å². The van der Waals surface area contributed by atoms with Crippen molar-refractivity contribution in [2.45, 2.75) is 18.7 Å². The molecule has 1 aromatic heterocycles. The van der Waals surface area contributed by atoms with E-state index in [1.807, 2.05) is 35.4 Å². The number of amides is 1. The van der Waals surface area contributed by atoms with Gasteiger partial charge in [-0.3, -0.25) is 14.6 Å². The van der Waals surface area contributed by atoms with Crippen LogP contribution in [0.25, 0.3) is 10.2 Å². The summed E-state index contributed by atoms with van der Waals surface area (Å²) in [6.07, 6.45) is 2.01. The van der Waals surface area contributed by atoms with Gasteiger partial charge in [-0.05, 0) is 55.5 Å². The maximum absolute atomic E-state index is 13.6. The van der Waals surface area contributed by atoms with E-state index >= 15 is 0 Å². The van der Waals surface area contributed by atoms with E-state index in [1.165, 1.54) is 11.1 Å². The van der Waals surface area contributed by atoms with Gasteiger partial charge in [0.15, 0.2) is 5.13 Å². The number of carbonyl (C=O) groups is 1. The predicted molar refractivity (Wildman–Crippen MR) is 126 cm³/mol. The summed E-state index contributed by atoms with van der Waals surface area (Å²) in [7, 11) is 0. The fourth-order valence-corrected chi connectivity index (χ4v) is 5.26. The minimum absolute atomic E-state index is 0.0145. The van der Waals surface area contributed by atoms with Crippen LogP contribution in [0.15, 0.2) is 41.3 Å². The molecule has 1 fully saturated rings. The molecule has 30 heavy (non-hydrogen) atoms. The van der Waals surface area contributed by atoms with Gasteiger partial charge in [0.05, 0.1) is 29.0 Å². The predicted octanol–water partition coefficient (Wildman–Crippen LogP) is 4.61. The van der Waals surface area contributed by atoms with E-state index in [4.69, 9.17) is 9.72 Å². The number of anilines is 1. The molecule has 0 aliphatic carbocycles. The molecule has 0 saturated carbocycles. The molecule has 3 aromatic rings. The number of nitrogens with zero attached hydrogens (tertiary/aromatic N) is 3. The van der Waals surface area contributed by atoms with Crippen molar-refractivity contribution in [3.05, 3.63) is 53.1 Å². The second kappa shape index (κ2) is 9.47. The molecular weight excluding hydrogens is 414 g/mol. The molecular formula is C23H27N3O2S2. The van der Waals surface area contributed by atoms with Gasteiger partial charge < -0.3 is 4.74 Å². The SMILES string of the molecule is CSc1ccccc1C(=O)N(CCN1CCOCC1)c1nc2cc(C)c(C)cc2s1. The van der Waals surface area contributed by atoms with Gasteiger partial charge in [0.2, 0.25) is 0 Å². The third kappa shape index (κ3) is 4.54. The molecule has 0 unspecified atom stereocenters. The normalized spacial score (nSPS) is 14.9. The number of thioether (sulfide) groups is 1. The number of fused-ring (bicyclic) bond motifs is 1. The van der Waals surface area contributed by atoms with Crippen LogP contribution in [0, 0.1) is 13.8 Å². The number of aryl methyl sites for hydroxylation is 2. The molecule has 1 aliphatic rings. The molecule has 0 N–H and O–H groups in total. The van der Waals surface area contributed by atoms with Crippen LogP contribution in [-0.2, 0) is 4.74 Å². The lowest BCUT2D eigenvalue weighted by Crippen LogP contribution is -2.43. The first-order chi connectivity index (χ1) is 14.6. The summed E-state index contributed by atoms with van der Waals surface area (Å²) >= 11 is 3.20. The first-order valence-corrected chi connectivity index (χ1v) is 12.2. The van der Waals surface area contributed by atoms with Crippen molar-refractivity contribution < 1.29 is 9.53 Å². The molecule has 1 amide bonds. The molecule has 0 bridgehead atoms. The number of morpholine rings is 1. The maximum atomic E-state index is 13.6. The number of carbonyl (C=O) groups excluding carboxylic acids is 1. The molecule has 158 valence electrons. The van der Waals surface area contributed by atoms with E-state index in [0.29, 0.717) is 6.54 Å². The van der Waals surface area contributed by atoms with Crippen molar-refractivity contribution in [3.63, 3.8) is 0 Å². The smallest absolute Gasteiger partial charge is 0.261 e. The Hall–Kier alpha value is -1.93. The standard InChI is InChI=1S/C23H27N3O2S2/c1-16-14-19-21(15-17(16)2)30-23(24-19)26(9-8-25-10-12-28-13-11-25)22(27)18-6-4-5-7-20(18)29-3/h4-7,14-15H,8-13H2,1-3H3. The van der Waals surface area contributed by atoms with E-state index in [2.05, 4.69) is 30.9 Å². The van der Waals surface area contributed by atoms with Gasteiger partial charge in [-0.25, -0.2) is 4.98 Å². The van der Waals surface area contributed by atoms with Gasteiger partial charge >= 0.3 is 0 Å². The minimum Gasteiger partial charge on any atom is -0.379 e. The summed E-state index contributed by atoms with van der Waals surface area (Å²) < 4.78 is 6.59. The largest absolute Gasteiger partial charge is 0.379 e. The molecule has 4 rings (SSSR count). The quantitative estimate of drug-likeness (QED) is 0.523. The summed E-state index contributed by atoms with van der Waals surface area (Å²) in [5, 5.41) is 0.768. The van der Waals surface area contributed by atoms with Gasteiger partial charge in [-0.1, -0.05) is 23.5 Å². The summed E-state index contributed by atoms with van der Waals surface area (Å²) in [6, 6.07) is 12.1. The molecule has 0 spiro atoms. The highest BCUT2D eigenvalue weighted by Crippen LogP contribution is 2.32. The third-order valence-corrected chi connectivity index (χ3v) is 7.39. The van der Waals surface area contributed by atoms with Crippen LogP contribution in [-0.4, -0.2) is 61.4 Å². The number of benzene rings is 2. The second-order valence-electron chi connectivity index (χ2n) is 7.51. The van der Waals surface area contributed by atoms with Crippen molar-refractivity contribution >= 4 is 44.4 Å². The number of aromatic nitrogens is 1. The molecule has 1 saturated heterocycles. The molecule has 1 aliphatic heterocycles. The molecule has 7 heteroatoms. The minimum atomic E-state index is 0.0145. The summed E-state index contributed by atoms with van der Waals surface area (Å²) in [4.78, 5) is 23.7. The van der Waals surface area contributed by atoms with Crippen LogP contribution >= 0.6 is 23.1 Å². The molecule has 5 nitrogen and oxygen atoms in total. The average Bonchev–Trinajstić information content (AvgIpc) is 3.17. The number of ether oxygens (including phenoxy) is 1. The highest BCUT2D eigenvalue weighted by Gasteiger charge is 2.24. The lowest BCUT2D eigenvalue weighted by molar-refractivity contribution is 0.0391. The number of hydrogen-bond acceptors (Lipinski definition) is 6. The van der Waals surface area contributed by atoms with Crippen LogP contribution in [0.3, 0.4) is 0 Å². The highest BCUT2D eigenvalue weighted by molar-refractivity contribution is 7.98. The van der Waals surface area contributed by atoms with Gasteiger partial charge in [-0.15, -0.1) is 11.8 Å². The van der Waals surface area contributed by atoms with Gasteiger partial charge in [0, 0.05) is 31.1 Å². The summed E-state index contributed by atoms with van der Waals surface area (Å²) in [5.74, 6) is 0.0145. The van der Waals surface area contributed by atoms with Crippen molar-refractivity contribution in [2.75, 3.05) is 50.5 Å². The maximum Gasteiger partial charge on any atom is 0.261 e. The third-order valence-electron chi connectivity index (χ3n) is 5.55. The Kier molecular flexibility index (Phi) is 6.73. The average molecular weight is 442 g/mol. The molecule has 2 heterocycles. The zero-order valence-electron chi connectivity index (χ0n) is 17.7. The number of thiazole rings is 1. The van der Waals surface area contributed by atoms with Gasteiger partial charge in [0.1, 0.15) is 0 Å². The van der Waals surface area contributed by atoms with Gasteiger partial charge in [-0.2, -0.15) is 0 Å². The first-order valence-electron chi connectivity index (χ1n) is 10.2. The van der Waals surface area contributed by atoms with E-state index < -0.39 is 0 Å². The Labute approximate surface area is 186 Å². The van der Waals surface area contributed by atoms with Gasteiger partial charge in [0.25, 0.3) is 5.91 Å². The van der Waals surface area contributed by atoms with Crippen molar-refractivity contribution in [3.8, 4) is 0 Å². The van der Waals surface area contributed by atoms with Crippen LogP contribution in [0.2, 0.25) is 0 Å². The second-order valence-corrected chi connectivity index (χ2v) is 9.37. The first kappa shape index (κ1) is 21.3. The zero-order chi connectivity index (χ0) is 21.1. The van der Waals surface area contributed by atoms with Crippen LogP contribution in [0.1, 0.15) is 21.5 Å². The molecule has 0 atom stereocenters. The Balaban J connectivity index is 1.68. The Morgan fingerprint density at radius 2 is 1.93 bits per heavy atom. The topological polar surface area (TPSA) is 45.7 Å². The van der Waals surface area contributed by atoms with E-state index in [0.717, 1.165) is 58.7 Å². The fraction of sp³-hybridized carbons (Fsp3) is 0.391. The van der Waals surface area contributed by atoms with Crippen molar-refractivity contribution in [2.24, 2.45) is 0 Å². The highest BCUT2D eigenvalue weighted by atomic mass is 32.2. The Morgan fingerprint density at radius 1 is 1.20 bits per heavy atom. The molecule has 0 radical (unpaired) electrons. The van der Waals surface area contributed by atoms with E-state index in [-0.39, 0.29) is 5.91 Å².